The summed E-state index contributed by atoms with van der Waals surface area (Å²) in [6.45, 7) is 7.53. The number of aliphatic hydroxyl groups is 1. The zero-order valence-corrected chi connectivity index (χ0v) is 7.07. The van der Waals surface area contributed by atoms with Crippen LogP contribution in [-0.4, -0.2) is 29.3 Å². The lowest BCUT2D eigenvalue weighted by atomic mass is 10.1. The maximum atomic E-state index is 8.42. The number of hydrogen-bond donors (Lipinski definition) is 2. The van der Waals surface area contributed by atoms with E-state index in [9.17, 15) is 0 Å². The van der Waals surface area contributed by atoms with Gasteiger partial charge in [-0.25, -0.2) is 0 Å². The van der Waals surface area contributed by atoms with Crippen LogP contribution in [0.5, 0.6) is 0 Å². The minimum atomic E-state index is 0. The zero-order chi connectivity index (χ0) is 7.33. The van der Waals surface area contributed by atoms with E-state index in [0.717, 1.165) is 13.0 Å². The third kappa shape index (κ3) is 10.8. The predicted octanol–water partition coefficient (Wildman–Crippen LogP) is -0.0678. The van der Waals surface area contributed by atoms with Gasteiger partial charge in [-0.1, -0.05) is 0 Å². The van der Waals surface area contributed by atoms with Crippen molar-refractivity contribution in [2.45, 2.75) is 32.7 Å². The van der Waals surface area contributed by atoms with Crippen LogP contribution in [0.1, 0.15) is 27.2 Å². The molecule has 0 aliphatic carbocycles. The van der Waals surface area contributed by atoms with E-state index in [4.69, 9.17) is 5.11 Å². The summed E-state index contributed by atoms with van der Waals surface area (Å²) in [5.74, 6) is 0. The molecule has 0 aliphatic rings. The van der Waals surface area contributed by atoms with Crippen molar-refractivity contribution in [2.75, 3.05) is 13.2 Å². The first-order valence-electron chi connectivity index (χ1n) is 3.42. The highest BCUT2D eigenvalue weighted by Gasteiger charge is 2.06. The number of hydrogen-bond acceptors (Lipinski definition) is 2. The van der Waals surface area contributed by atoms with Gasteiger partial charge in [-0.15, -0.1) is 0 Å². The van der Waals surface area contributed by atoms with E-state index in [2.05, 4.69) is 26.1 Å². The third-order valence-corrected chi connectivity index (χ3v) is 0.990. The quantitative estimate of drug-likeness (QED) is 0.552. The van der Waals surface area contributed by atoms with E-state index < -0.39 is 0 Å². The molecule has 0 atom stereocenters. The SMILES string of the molecule is CC(C)(C)NCCCO.O. The molecule has 0 heterocycles. The molecule has 0 radical (unpaired) electrons. The first-order valence-corrected chi connectivity index (χ1v) is 3.42. The van der Waals surface area contributed by atoms with Gasteiger partial charge in [-0.05, 0) is 33.7 Å². The molecule has 0 saturated carbocycles. The van der Waals surface area contributed by atoms with E-state index in [1.165, 1.54) is 0 Å². The lowest BCUT2D eigenvalue weighted by Gasteiger charge is -2.19. The Morgan fingerprint density at radius 2 is 1.80 bits per heavy atom. The topological polar surface area (TPSA) is 63.8 Å². The summed E-state index contributed by atoms with van der Waals surface area (Å²) in [6.07, 6.45) is 0.845. The van der Waals surface area contributed by atoms with Crippen LogP contribution in [0, 0.1) is 0 Å². The van der Waals surface area contributed by atoms with Crippen LogP contribution in [0.4, 0.5) is 0 Å². The van der Waals surface area contributed by atoms with Crippen molar-refractivity contribution >= 4 is 0 Å². The molecule has 10 heavy (non-hydrogen) atoms. The summed E-state index contributed by atoms with van der Waals surface area (Å²) in [5, 5.41) is 11.7. The van der Waals surface area contributed by atoms with E-state index in [0.29, 0.717) is 0 Å². The highest BCUT2D eigenvalue weighted by molar-refractivity contribution is 4.69. The number of rotatable bonds is 3. The average molecular weight is 149 g/mol. The van der Waals surface area contributed by atoms with Crippen LogP contribution in [0.3, 0.4) is 0 Å². The van der Waals surface area contributed by atoms with Gasteiger partial charge in [0.1, 0.15) is 0 Å². The second-order valence-electron chi connectivity index (χ2n) is 3.25. The van der Waals surface area contributed by atoms with Crippen molar-refractivity contribution < 1.29 is 10.6 Å². The highest BCUT2D eigenvalue weighted by atomic mass is 16.3. The van der Waals surface area contributed by atoms with E-state index in [1.54, 1.807) is 0 Å². The number of nitrogens with one attached hydrogen (secondary N) is 1. The van der Waals surface area contributed by atoms with Gasteiger partial charge in [-0.2, -0.15) is 0 Å². The monoisotopic (exact) mass is 149 g/mol. The lowest BCUT2D eigenvalue weighted by Crippen LogP contribution is -2.36. The molecule has 3 nitrogen and oxygen atoms in total. The second kappa shape index (κ2) is 5.65. The summed E-state index contributed by atoms with van der Waals surface area (Å²) in [5.41, 5.74) is 0.190. The Labute approximate surface area is 62.8 Å². The molecule has 0 aliphatic heterocycles. The van der Waals surface area contributed by atoms with Gasteiger partial charge < -0.3 is 15.9 Å². The Hall–Kier alpha value is -0.120. The summed E-state index contributed by atoms with van der Waals surface area (Å²) in [4.78, 5) is 0. The molecule has 0 aromatic rings. The second-order valence-corrected chi connectivity index (χ2v) is 3.25. The molecule has 0 rings (SSSR count). The Morgan fingerprint density at radius 3 is 2.10 bits per heavy atom. The van der Waals surface area contributed by atoms with Gasteiger partial charge >= 0.3 is 0 Å². The molecule has 0 saturated heterocycles. The molecule has 64 valence electrons. The van der Waals surface area contributed by atoms with Gasteiger partial charge in [-0.3, -0.25) is 0 Å². The lowest BCUT2D eigenvalue weighted by molar-refractivity contribution is 0.278. The fourth-order valence-electron chi connectivity index (χ4n) is 0.542. The molecule has 0 unspecified atom stereocenters. The smallest absolute Gasteiger partial charge is 0.0443 e. The summed E-state index contributed by atoms with van der Waals surface area (Å²) < 4.78 is 0. The average Bonchev–Trinajstić information content (AvgIpc) is 1.63. The van der Waals surface area contributed by atoms with Gasteiger partial charge in [0.25, 0.3) is 0 Å². The van der Waals surface area contributed by atoms with Crippen LogP contribution in [0.2, 0.25) is 0 Å². The molecule has 0 bridgehead atoms. The molecular weight excluding hydrogens is 130 g/mol. The van der Waals surface area contributed by atoms with Gasteiger partial charge in [0.15, 0.2) is 0 Å². The Kier molecular flexibility index (Phi) is 7.09. The first-order chi connectivity index (χ1) is 4.06. The van der Waals surface area contributed by atoms with Crippen LogP contribution in [0.25, 0.3) is 0 Å². The molecule has 4 N–H and O–H groups in total. The fraction of sp³-hybridized carbons (Fsp3) is 1.00. The maximum absolute atomic E-state index is 8.42. The minimum Gasteiger partial charge on any atom is -0.412 e. The summed E-state index contributed by atoms with van der Waals surface area (Å²) in [6, 6.07) is 0. The summed E-state index contributed by atoms with van der Waals surface area (Å²) in [7, 11) is 0. The van der Waals surface area contributed by atoms with E-state index in [1.807, 2.05) is 0 Å². The Bertz CT molecular complexity index is 68.5. The molecular formula is C7H19NO2. The minimum absolute atomic E-state index is 0. The fourth-order valence-corrected chi connectivity index (χ4v) is 0.542. The van der Waals surface area contributed by atoms with Gasteiger partial charge in [0, 0.05) is 12.1 Å². The maximum Gasteiger partial charge on any atom is 0.0443 e. The van der Waals surface area contributed by atoms with Crippen LogP contribution in [-0.2, 0) is 0 Å². The Balaban J connectivity index is 0. The highest BCUT2D eigenvalue weighted by Crippen LogP contribution is 1.97. The zero-order valence-electron chi connectivity index (χ0n) is 7.07. The van der Waals surface area contributed by atoms with Gasteiger partial charge in [0.2, 0.25) is 0 Å². The molecule has 0 aromatic heterocycles. The standard InChI is InChI=1S/C7H17NO.H2O/c1-7(2,3)8-5-4-6-9;/h8-9H,4-6H2,1-3H3;1H2. The molecule has 3 heteroatoms. The molecule has 0 aromatic carbocycles. The van der Waals surface area contributed by atoms with Crippen LogP contribution in [0.15, 0.2) is 0 Å². The largest absolute Gasteiger partial charge is 0.412 e. The van der Waals surface area contributed by atoms with E-state index in [-0.39, 0.29) is 17.6 Å². The first kappa shape index (κ1) is 12.5. The molecule has 0 amide bonds. The van der Waals surface area contributed by atoms with Crippen LogP contribution < -0.4 is 5.32 Å². The molecule has 0 fully saturated rings. The van der Waals surface area contributed by atoms with Crippen molar-refractivity contribution in [3.63, 3.8) is 0 Å². The van der Waals surface area contributed by atoms with Crippen molar-refractivity contribution in [1.29, 1.82) is 0 Å². The van der Waals surface area contributed by atoms with Crippen molar-refractivity contribution in [3.8, 4) is 0 Å². The number of aliphatic hydroxyl groups excluding tert-OH is 1. The summed E-state index contributed by atoms with van der Waals surface area (Å²) >= 11 is 0. The van der Waals surface area contributed by atoms with Crippen molar-refractivity contribution in [3.05, 3.63) is 0 Å². The van der Waals surface area contributed by atoms with E-state index >= 15 is 0 Å². The third-order valence-electron chi connectivity index (χ3n) is 0.990. The predicted molar refractivity (Wildman–Crippen MR) is 43.1 cm³/mol. The Morgan fingerprint density at radius 1 is 1.30 bits per heavy atom. The normalized spacial score (nSPS) is 10.8. The molecule has 0 spiro atoms. The van der Waals surface area contributed by atoms with Crippen LogP contribution >= 0.6 is 0 Å². The van der Waals surface area contributed by atoms with Gasteiger partial charge in [0.05, 0.1) is 0 Å². The van der Waals surface area contributed by atoms with Crippen molar-refractivity contribution in [1.82, 2.24) is 5.32 Å². The van der Waals surface area contributed by atoms with Crippen molar-refractivity contribution in [2.24, 2.45) is 0 Å².